The Kier molecular flexibility index (Phi) is 4.11. The number of hydrogen-bond acceptors (Lipinski definition) is 5. The highest BCUT2D eigenvalue weighted by atomic mass is 14.9. The van der Waals surface area contributed by atoms with Crippen LogP contribution in [0.25, 0.3) is 0 Å². The summed E-state index contributed by atoms with van der Waals surface area (Å²) in [6, 6.07) is 10.3. The van der Waals surface area contributed by atoms with Crippen LogP contribution in [0.15, 0.2) is 40.7 Å². The van der Waals surface area contributed by atoms with Gasteiger partial charge < -0.3 is 16.8 Å². The highest BCUT2D eigenvalue weighted by Crippen LogP contribution is 2.09. The highest BCUT2D eigenvalue weighted by Gasteiger charge is 1.97. The van der Waals surface area contributed by atoms with Crippen molar-refractivity contribution in [1.29, 1.82) is 10.5 Å². The Morgan fingerprint density at radius 2 is 1.88 bits per heavy atom. The van der Waals surface area contributed by atoms with E-state index in [4.69, 9.17) is 22.0 Å². The summed E-state index contributed by atoms with van der Waals surface area (Å²) in [6.07, 6.45) is 1.29. The number of anilines is 2. The van der Waals surface area contributed by atoms with E-state index in [-0.39, 0.29) is 11.4 Å². The first-order valence-electron chi connectivity index (χ1n) is 4.62. The highest BCUT2D eigenvalue weighted by molar-refractivity contribution is 5.77. The first-order valence-corrected chi connectivity index (χ1v) is 4.62. The molecule has 0 unspecified atom stereocenters. The third-order valence-corrected chi connectivity index (χ3v) is 1.82. The standard InChI is InChI=1S/C11H10N6/c12-5-10(15)11(6-13)17-7-16-9-3-1-8(14)2-4-9/h1-4,7H,14-15H2,(H,16,17)/b11-10+. The lowest BCUT2D eigenvalue weighted by atomic mass is 10.3. The molecular weight excluding hydrogens is 216 g/mol. The minimum absolute atomic E-state index is 0.129. The second-order valence-corrected chi connectivity index (χ2v) is 3.01. The number of nitrogens with one attached hydrogen (secondary N) is 1. The predicted molar refractivity (Wildman–Crippen MR) is 65.4 cm³/mol. The summed E-state index contributed by atoms with van der Waals surface area (Å²) >= 11 is 0. The Hall–Kier alpha value is -2.99. The van der Waals surface area contributed by atoms with Crippen LogP contribution in [0.5, 0.6) is 0 Å². The molecule has 1 aromatic carbocycles. The number of hydrogen-bond donors (Lipinski definition) is 3. The molecule has 0 saturated heterocycles. The lowest BCUT2D eigenvalue weighted by molar-refractivity contribution is 1.27. The van der Waals surface area contributed by atoms with Crippen molar-refractivity contribution >= 4 is 17.7 Å². The molecule has 1 rings (SSSR count). The van der Waals surface area contributed by atoms with Crippen molar-refractivity contribution in [3.63, 3.8) is 0 Å². The van der Waals surface area contributed by atoms with E-state index in [1.54, 1.807) is 36.4 Å². The van der Waals surface area contributed by atoms with Gasteiger partial charge in [-0.05, 0) is 24.3 Å². The normalized spacial score (nSPS) is 11.4. The average Bonchev–Trinajstić information content (AvgIpc) is 2.36. The fourth-order valence-electron chi connectivity index (χ4n) is 0.962. The third-order valence-electron chi connectivity index (χ3n) is 1.82. The summed E-state index contributed by atoms with van der Waals surface area (Å²) in [4.78, 5) is 3.73. The molecule has 5 N–H and O–H groups in total. The molecule has 6 nitrogen and oxygen atoms in total. The first kappa shape index (κ1) is 12.1. The molecule has 0 radical (unpaired) electrons. The quantitative estimate of drug-likeness (QED) is 0.306. The number of rotatable bonds is 3. The van der Waals surface area contributed by atoms with Crippen LogP contribution in [0.3, 0.4) is 0 Å². The van der Waals surface area contributed by atoms with Gasteiger partial charge in [-0.3, -0.25) is 0 Å². The van der Waals surface area contributed by atoms with Crippen LogP contribution < -0.4 is 16.8 Å². The van der Waals surface area contributed by atoms with Crippen LogP contribution in [0.4, 0.5) is 11.4 Å². The molecule has 1 aromatic rings. The topological polar surface area (TPSA) is 124 Å². The third kappa shape index (κ3) is 3.57. The minimum atomic E-state index is -0.220. The Labute approximate surface area is 98.5 Å². The molecule has 0 atom stereocenters. The summed E-state index contributed by atoms with van der Waals surface area (Å²) in [5.41, 5.74) is 11.8. The van der Waals surface area contributed by atoms with Crippen molar-refractivity contribution in [3.05, 3.63) is 35.7 Å². The fourth-order valence-corrected chi connectivity index (χ4v) is 0.962. The van der Waals surface area contributed by atoms with Gasteiger partial charge in [-0.15, -0.1) is 0 Å². The Morgan fingerprint density at radius 1 is 1.24 bits per heavy atom. The number of allylic oxidation sites excluding steroid dienone is 2. The van der Waals surface area contributed by atoms with E-state index in [0.29, 0.717) is 5.69 Å². The minimum Gasteiger partial charge on any atom is -0.399 e. The van der Waals surface area contributed by atoms with Gasteiger partial charge in [0.25, 0.3) is 0 Å². The molecule has 0 aliphatic rings. The van der Waals surface area contributed by atoms with E-state index in [2.05, 4.69) is 10.3 Å². The molecule has 0 spiro atoms. The SMILES string of the molecule is N#C/C(N)=C(/C#N)N=CNc1ccc(N)cc1. The molecule has 0 aliphatic heterocycles. The zero-order valence-electron chi connectivity index (χ0n) is 8.88. The zero-order valence-corrected chi connectivity index (χ0v) is 8.88. The molecule has 0 bridgehead atoms. The van der Waals surface area contributed by atoms with Gasteiger partial charge in [0.1, 0.15) is 17.8 Å². The molecule has 84 valence electrons. The summed E-state index contributed by atoms with van der Waals surface area (Å²) < 4.78 is 0. The van der Waals surface area contributed by atoms with Crippen LogP contribution in [-0.4, -0.2) is 6.34 Å². The van der Waals surface area contributed by atoms with Gasteiger partial charge in [0.2, 0.25) is 0 Å². The number of nitrogen functional groups attached to an aromatic ring is 1. The Balaban J connectivity index is 2.72. The Bertz CT molecular complexity index is 527. The van der Waals surface area contributed by atoms with Crippen LogP contribution in [-0.2, 0) is 0 Å². The summed E-state index contributed by atoms with van der Waals surface area (Å²) in [6.45, 7) is 0. The van der Waals surface area contributed by atoms with Gasteiger partial charge in [0.05, 0.1) is 6.34 Å². The molecule has 0 aromatic heterocycles. The van der Waals surface area contributed by atoms with Crippen LogP contribution in [0.2, 0.25) is 0 Å². The molecule has 0 amide bonds. The zero-order chi connectivity index (χ0) is 12.7. The molecular formula is C11H10N6. The van der Waals surface area contributed by atoms with Crippen molar-refractivity contribution in [2.75, 3.05) is 11.1 Å². The van der Waals surface area contributed by atoms with E-state index in [1.165, 1.54) is 6.34 Å². The van der Waals surface area contributed by atoms with Crippen molar-refractivity contribution in [3.8, 4) is 12.1 Å². The van der Waals surface area contributed by atoms with Crippen molar-refractivity contribution < 1.29 is 0 Å². The lowest BCUT2D eigenvalue weighted by Gasteiger charge is -1.99. The van der Waals surface area contributed by atoms with Crippen LogP contribution in [0.1, 0.15) is 0 Å². The van der Waals surface area contributed by atoms with E-state index >= 15 is 0 Å². The van der Waals surface area contributed by atoms with Crippen molar-refractivity contribution in [2.45, 2.75) is 0 Å². The average molecular weight is 226 g/mol. The van der Waals surface area contributed by atoms with Crippen LogP contribution in [0, 0.1) is 22.7 Å². The maximum absolute atomic E-state index is 8.66. The molecule has 0 fully saturated rings. The smallest absolute Gasteiger partial charge is 0.175 e. The molecule has 17 heavy (non-hydrogen) atoms. The largest absolute Gasteiger partial charge is 0.399 e. The number of nitrogens with zero attached hydrogens (tertiary/aromatic N) is 3. The van der Waals surface area contributed by atoms with E-state index in [1.807, 2.05) is 0 Å². The fraction of sp³-hybridized carbons (Fsp3) is 0. The number of nitrogens with two attached hydrogens (primary N) is 2. The summed E-state index contributed by atoms with van der Waals surface area (Å²) in [7, 11) is 0. The van der Waals surface area contributed by atoms with Gasteiger partial charge in [-0.2, -0.15) is 10.5 Å². The van der Waals surface area contributed by atoms with Crippen molar-refractivity contribution in [1.82, 2.24) is 0 Å². The van der Waals surface area contributed by atoms with E-state index in [9.17, 15) is 0 Å². The van der Waals surface area contributed by atoms with Gasteiger partial charge in [-0.25, -0.2) is 4.99 Å². The lowest BCUT2D eigenvalue weighted by Crippen LogP contribution is -2.00. The number of nitriles is 2. The first-order chi connectivity index (χ1) is 8.17. The maximum Gasteiger partial charge on any atom is 0.175 e. The summed E-state index contributed by atoms with van der Waals surface area (Å²) in [5, 5.41) is 20.0. The van der Waals surface area contributed by atoms with Gasteiger partial charge in [0.15, 0.2) is 5.70 Å². The second-order valence-electron chi connectivity index (χ2n) is 3.01. The monoisotopic (exact) mass is 226 g/mol. The van der Waals surface area contributed by atoms with E-state index < -0.39 is 0 Å². The van der Waals surface area contributed by atoms with Gasteiger partial charge in [-0.1, -0.05) is 0 Å². The molecule has 0 heterocycles. The number of aliphatic imine (C=N–C) groups is 1. The molecule has 0 aliphatic carbocycles. The second kappa shape index (κ2) is 5.79. The number of benzene rings is 1. The van der Waals surface area contributed by atoms with Gasteiger partial charge in [0, 0.05) is 11.4 Å². The van der Waals surface area contributed by atoms with E-state index in [0.717, 1.165) is 5.69 Å². The van der Waals surface area contributed by atoms with Gasteiger partial charge >= 0.3 is 0 Å². The van der Waals surface area contributed by atoms with Crippen molar-refractivity contribution in [2.24, 2.45) is 10.7 Å². The molecule has 6 heteroatoms. The Morgan fingerprint density at radius 3 is 2.41 bits per heavy atom. The maximum atomic E-state index is 8.66. The molecule has 0 saturated carbocycles. The predicted octanol–water partition coefficient (Wildman–Crippen LogP) is 0.926. The van der Waals surface area contributed by atoms with Crippen LogP contribution >= 0.6 is 0 Å². The summed E-state index contributed by atoms with van der Waals surface area (Å²) in [5.74, 6) is 0.